The van der Waals surface area contributed by atoms with Gasteiger partial charge in [0.1, 0.15) is 6.04 Å². The first-order valence-corrected chi connectivity index (χ1v) is 6.08. The third kappa shape index (κ3) is 7.78. The highest BCUT2D eigenvalue weighted by atomic mass is 16.6. The molecule has 0 spiro atoms. The quantitative estimate of drug-likeness (QED) is 0.395. The Morgan fingerprint density at radius 2 is 1.72 bits per heavy atom. The number of rotatable bonds is 8. The molecule has 18 heavy (non-hydrogen) atoms. The van der Waals surface area contributed by atoms with Crippen LogP contribution in [0.2, 0.25) is 0 Å². The van der Waals surface area contributed by atoms with Crippen LogP contribution in [-0.2, 0) is 23.9 Å². The fourth-order valence-corrected chi connectivity index (χ4v) is 1.29. The molecule has 0 bridgehead atoms. The fourth-order valence-electron chi connectivity index (χ4n) is 1.29. The zero-order chi connectivity index (χ0) is 14.0. The molecule has 0 radical (unpaired) electrons. The molecule has 0 aromatic heterocycles. The molecule has 0 heterocycles. The van der Waals surface area contributed by atoms with Crippen LogP contribution in [-0.4, -0.2) is 31.1 Å². The van der Waals surface area contributed by atoms with Crippen LogP contribution in [0.3, 0.4) is 0 Å². The molecule has 1 atom stereocenters. The van der Waals surface area contributed by atoms with Crippen molar-refractivity contribution in [2.45, 2.75) is 51.5 Å². The summed E-state index contributed by atoms with van der Waals surface area (Å²) in [6, 6.07) is -0.863. The summed E-state index contributed by atoms with van der Waals surface area (Å²) in [6.07, 6.45) is 2.90. The lowest BCUT2D eigenvalue weighted by Gasteiger charge is -2.08. The lowest BCUT2D eigenvalue weighted by atomic mass is 10.2. The summed E-state index contributed by atoms with van der Waals surface area (Å²) >= 11 is 0. The maximum absolute atomic E-state index is 11.3. The van der Waals surface area contributed by atoms with Gasteiger partial charge in [-0.15, -0.1) is 0 Å². The van der Waals surface area contributed by atoms with E-state index in [1.54, 1.807) is 0 Å². The van der Waals surface area contributed by atoms with Crippen molar-refractivity contribution in [1.82, 2.24) is 0 Å². The monoisotopic (exact) mass is 259 g/mol. The Balaban J connectivity index is 3.77. The van der Waals surface area contributed by atoms with E-state index < -0.39 is 23.9 Å². The largest absolute Gasteiger partial charge is 0.468 e. The molecule has 0 rings (SSSR count). The number of nitrogens with two attached hydrogens (primary N) is 1. The van der Waals surface area contributed by atoms with Crippen molar-refractivity contribution < 1.29 is 23.9 Å². The van der Waals surface area contributed by atoms with Gasteiger partial charge in [0, 0.05) is 12.8 Å². The minimum absolute atomic E-state index is 0.0736. The summed E-state index contributed by atoms with van der Waals surface area (Å²) < 4.78 is 8.98. The van der Waals surface area contributed by atoms with Gasteiger partial charge in [0.05, 0.1) is 7.11 Å². The highest BCUT2D eigenvalue weighted by molar-refractivity contribution is 5.85. The first-order chi connectivity index (χ1) is 8.51. The number of carbonyl (C=O) groups excluding carboxylic acids is 3. The van der Waals surface area contributed by atoms with Gasteiger partial charge in [-0.1, -0.05) is 19.8 Å². The summed E-state index contributed by atoms with van der Waals surface area (Å²) in [5.74, 6) is -1.77. The smallest absolute Gasteiger partial charge is 0.322 e. The Morgan fingerprint density at radius 3 is 2.28 bits per heavy atom. The summed E-state index contributed by atoms with van der Waals surface area (Å²) in [5.41, 5.74) is 5.44. The molecule has 0 amide bonds. The van der Waals surface area contributed by atoms with Gasteiger partial charge in [0.2, 0.25) is 0 Å². The lowest BCUT2D eigenvalue weighted by Crippen LogP contribution is -2.32. The van der Waals surface area contributed by atoms with Crippen molar-refractivity contribution in [3.8, 4) is 0 Å². The van der Waals surface area contributed by atoms with E-state index in [-0.39, 0.29) is 19.3 Å². The number of methoxy groups -OCH3 is 1. The predicted octanol–water partition coefficient (Wildman–Crippen LogP) is 0.917. The molecule has 2 N–H and O–H groups in total. The summed E-state index contributed by atoms with van der Waals surface area (Å²) in [7, 11) is 1.22. The normalized spacial score (nSPS) is 11.7. The first-order valence-electron chi connectivity index (χ1n) is 6.08. The second kappa shape index (κ2) is 9.58. The third-order valence-electron chi connectivity index (χ3n) is 2.38. The molecule has 0 aliphatic carbocycles. The molecule has 0 aliphatic heterocycles. The van der Waals surface area contributed by atoms with Crippen molar-refractivity contribution in [2.24, 2.45) is 5.73 Å². The average molecular weight is 259 g/mol. The minimum atomic E-state index is -0.863. The standard InChI is InChI=1S/C12H21NO5/c1-3-4-5-6-10(14)18-11(15)8-7-9(13)12(16)17-2/h9H,3-8,13H2,1-2H3. The number of unbranched alkanes of at least 4 members (excludes halogenated alkanes) is 2. The second-order valence-electron chi connectivity index (χ2n) is 3.97. The van der Waals surface area contributed by atoms with Crippen molar-refractivity contribution in [1.29, 1.82) is 0 Å². The van der Waals surface area contributed by atoms with E-state index in [2.05, 4.69) is 9.47 Å². The molecule has 6 nitrogen and oxygen atoms in total. The van der Waals surface area contributed by atoms with Crippen LogP contribution in [0.4, 0.5) is 0 Å². The van der Waals surface area contributed by atoms with Crippen molar-refractivity contribution in [2.75, 3.05) is 7.11 Å². The van der Waals surface area contributed by atoms with Crippen molar-refractivity contribution in [3.05, 3.63) is 0 Å². The Hall–Kier alpha value is -1.43. The highest BCUT2D eigenvalue weighted by Gasteiger charge is 2.17. The Bertz CT molecular complexity index is 290. The van der Waals surface area contributed by atoms with Crippen LogP contribution in [0.5, 0.6) is 0 Å². The van der Waals surface area contributed by atoms with Gasteiger partial charge in [-0.2, -0.15) is 0 Å². The number of esters is 3. The van der Waals surface area contributed by atoms with Crippen LogP contribution in [0, 0.1) is 0 Å². The third-order valence-corrected chi connectivity index (χ3v) is 2.38. The van der Waals surface area contributed by atoms with Gasteiger partial charge in [-0.3, -0.25) is 14.4 Å². The molecule has 0 saturated carbocycles. The van der Waals surface area contributed by atoms with Gasteiger partial charge in [-0.05, 0) is 12.8 Å². The molecule has 0 fully saturated rings. The minimum Gasteiger partial charge on any atom is -0.468 e. The van der Waals surface area contributed by atoms with E-state index in [4.69, 9.17) is 5.73 Å². The topological polar surface area (TPSA) is 95.7 Å². The SMILES string of the molecule is CCCCCC(=O)OC(=O)CCC(N)C(=O)OC. The zero-order valence-corrected chi connectivity index (χ0v) is 10.9. The number of hydrogen-bond donors (Lipinski definition) is 1. The summed E-state index contributed by atoms with van der Waals surface area (Å²) in [4.78, 5) is 33.4. The molecule has 104 valence electrons. The van der Waals surface area contributed by atoms with Gasteiger partial charge >= 0.3 is 17.9 Å². The Labute approximate surface area is 107 Å². The van der Waals surface area contributed by atoms with Crippen molar-refractivity contribution >= 4 is 17.9 Å². The molecule has 0 aromatic rings. The molecule has 0 aliphatic rings. The van der Waals surface area contributed by atoms with Crippen LogP contribution in [0.15, 0.2) is 0 Å². The maximum atomic E-state index is 11.3. The summed E-state index contributed by atoms with van der Waals surface area (Å²) in [5, 5.41) is 0. The number of hydrogen-bond acceptors (Lipinski definition) is 6. The average Bonchev–Trinajstić information content (AvgIpc) is 2.35. The Morgan fingerprint density at radius 1 is 1.11 bits per heavy atom. The van der Waals surface area contributed by atoms with Gasteiger partial charge in [-0.25, -0.2) is 0 Å². The highest BCUT2D eigenvalue weighted by Crippen LogP contribution is 2.03. The summed E-state index contributed by atoms with van der Waals surface area (Å²) in [6.45, 7) is 2.02. The molecule has 1 unspecified atom stereocenters. The first kappa shape index (κ1) is 16.6. The lowest BCUT2D eigenvalue weighted by molar-refractivity contribution is -0.159. The van der Waals surface area contributed by atoms with E-state index in [1.165, 1.54) is 7.11 Å². The van der Waals surface area contributed by atoms with Gasteiger partial charge in [0.15, 0.2) is 0 Å². The van der Waals surface area contributed by atoms with Crippen LogP contribution >= 0.6 is 0 Å². The fraction of sp³-hybridized carbons (Fsp3) is 0.750. The van der Waals surface area contributed by atoms with E-state index in [0.717, 1.165) is 12.8 Å². The maximum Gasteiger partial charge on any atom is 0.322 e. The van der Waals surface area contributed by atoms with Gasteiger partial charge in [0.25, 0.3) is 0 Å². The van der Waals surface area contributed by atoms with Gasteiger partial charge < -0.3 is 15.2 Å². The number of ether oxygens (including phenoxy) is 2. The molecular weight excluding hydrogens is 238 g/mol. The van der Waals surface area contributed by atoms with E-state index in [1.807, 2.05) is 6.92 Å². The Kier molecular flexibility index (Phi) is 8.82. The molecule has 6 heteroatoms. The van der Waals surface area contributed by atoms with E-state index in [0.29, 0.717) is 6.42 Å². The van der Waals surface area contributed by atoms with Crippen LogP contribution in [0.1, 0.15) is 45.4 Å². The molecule has 0 saturated heterocycles. The number of carbonyl (C=O) groups is 3. The molecular formula is C12H21NO5. The van der Waals surface area contributed by atoms with E-state index >= 15 is 0 Å². The van der Waals surface area contributed by atoms with E-state index in [9.17, 15) is 14.4 Å². The predicted molar refractivity (Wildman–Crippen MR) is 64.5 cm³/mol. The van der Waals surface area contributed by atoms with Crippen LogP contribution in [0.25, 0.3) is 0 Å². The molecule has 0 aromatic carbocycles. The zero-order valence-electron chi connectivity index (χ0n) is 10.9. The van der Waals surface area contributed by atoms with Crippen LogP contribution < -0.4 is 5.73 Å². The second-order valence-corrected chi connectivity index (χ2v) is 3.97. The van der Waals surface area contributed by atoms with Crippen molar-refractivity contribution in [3.63, 3.8) is 0 Å².